The number of methoxy groups -OCH3 is 1. The summed E-state index contributed by atoms with van der Waals surface area (Å²) in [5.74, 6) is -2.97. The van der Waals surface area contributed by atoms with Crippen molar-refractivity contribution in [1.82, 2.24) is 9.97 Å². The Balaban J connectivity index is 1.60. The van der Waals surface area contributed by atoms with E-state index in [0.29, 0.717) is 18.6 Å². The van der Waals surface area contributed by atoms with Gasteiger partial charge in [-0.1, -0.05) is 6.92 Å². The maximum atomic E-state index is 14.8. The molecular formula is C29H32F3N3O3. The molecule has 2 N–H and O–H groups in total. The summed E-state index contributed by atoms with van der Waals surface area (Å²) in [7, 11) is 1.66. The van der Waals surface area contributed by atoms with Crippen molar-refractivity contribution in [1.29, 1.82) is 0 Å². The zero-order valence-corrected chi connectivity index (χ0v) is 21.7. The van der Waals surface area contributed by atoms with E-state index in [4.69, 9.17) is 15.2 Å². The predicted molar refractivity (Wildman–Crippen MR) is 137 cm³/mol. The van der Waals surface area contributed by atoms with Crippen LogP contribution in [0.4, 0.5) is 13.2 Å². The van der Waals surface area contributed by atoms with Gasteiger partial charge in [0.05, 0.1) is 18.3 Å². The van der Waals surface area contributed by atoms with Crippen LogP contribution in [0.5, 0.6) is 0 Å². The van der Waals surface area contributed by atoms with Crippen LogP contribution in [0.3, 0.4) is 0 Å². The number of aromatic nitrogens is 2. The molecule has 9 heteroatoms. The molecule has 4 atom stereocenters. The SMILES string of the molecule is CCOCc1cc(F)c(-c2nc(C(=O)Cc3cnccc3[C@H]3C[C@@H](N)[C@@H](OC)[C@@H](C)C3)ccc2F)c(F)c1. The molecule has 4 rings (SSSR count). The maximum absolute atomic E-state index is 14.8. The third-order valence-electron chi connectivity index (χ3n) is 7.14. The van der Waals surface area contributed by atoms with Gasteiger partial charge in [-0.3, -0.25) is 9.78 Å². The second kappa shape index (κ2) is 12.1. The largest absolute Gasteiger partial charge is 0.380 e. The fraction of sp³-hybridized carbons (Fsp3) is 0.414. The highest BCUT2D eigenvalue weighted by Crippen LogP contribution is 2.38. The Morgan fingerprint density at radius 2 is 1.84 bits per heavy atom. The fourth-order valence-electron chi connectivity index (χ4n) is 5.40. The number of rotatable bonds is 9. The molecule has 0 spiro atoms. The monoisotopic (exact) mass is 527 g/mol. The van der Waals surface area contributed by atoms with E-state index in [2.05, 4.69) is 16.9 Å². The van der Waals surface area contributed by atoms with Crippen LogP contribution >= 0.6 is 0 Å². The standard InChI is InChI=1S/C29H32F3N3O3/c1-4-38-15-17-10-22(31)27(23(32)11-17)28-21(30)5-6-25(35-28)26(36)13-19-14-34-8-7-20(19)18-9-16(2)29(37-3)24(33)12-18/h5-8,10-11,14,16,18,24,29H,4,9,12-13,15,33H2,1-3H3/t16-,18+,24+,29-/m0/s1. The Morgan fingerprint density at radius 1 is 1.11 bits per heavy atom. The van der Waals surface area contributed by atoms with Gasteiger partial charge in [-0.05, 0) is 78.6 Å². The number of benzene rings is 1. The normalized spacial score (nSPS) is 21.4. The molecule has 0 radical (unpaired) electrons. The minimum absolute atomic E-state index is 0.0172. The molecule has 0 aliphatic heterocycles. The first-order chi connectivity index (χ1) is 18.2. The van der Waals surface area contributed by atoms with Crippen LogP contribution in [0.2, 0.25) is 0 Å². The molecule has 3 aromatic rings. The molecule has 6 nitrogen and oxygen atoms in total. The molecule has 0 unspecified atom stereocenters. The third kappa shape index (κ3) is 5.95. The smallest absolute Gasteiger partial charge is 0.185 e. The highest BCUT2D eigenvalue weighted by molar-refractivity contribution is 5.96. The first-order valence-electron chi connectivity index (χ1n) is 12.7. The number of hydrogen-bond donors (Lipinski definition) is 1. The summed E-state index contributed by atoms with van der Waals surface area (Å²) < 4.78 is 55.1. The molecule has 2 aromatic heterocycles. The number of hydrogen-bond acceptors (Lipinski definition) is 6. The Kier molecular flexibility index (Phi) is 8.91. The van der Waals surface area contributed by atoms with Gasteiger partial charge in [-0.25, -0.2) is 18.2 Å². The average Bonchev–Trinajstić information content (AvgIpc) is 2.88. The van der Waals surface area contributed by atoms with Crippen LogP contribution in [-0.2, 0) is 22.5 Å². The second-order valence-electron chi connectivity index (χ2n) is 9.78. The highest BCUT2D eigenvalue weighted by Gasteiger charge is 2.35. The molecule has 2 heterocycles. The number of ether oxygens (including phenoxy) is 2. The number of carbonyl (C=O) groups is 1. The highest BCUT2D eigenvalue weighted by atomic mass is 19.1. The van der Waals surface area contributed by atoms with Crippen molar-refractivity contribution in [2.24, 2.45) is 11.7 Å². The van der Waals surface area contributed by atoms with Crippen LogP contribution in [0.15, 0.2) is 42.7 Å². The summed E-state index contributed by atoms with van der Waals surface area (Å²) in [5, 5.41) is 0. The topological polar surface area (TPSA) is 87.3 Å². The van der Waals surface area contributed by atoms with Crippen LogP contribution in [0, 0.1) is 23.4 Å². The Morgan fingerprint density at radius 3 is 2.50 bits per heavy atom. The van der Waals surface area contributed by atoms with Gasteiger partial charge in [0, 0.05) is 38.6 Å². The van der Waals surface area contributed by atoms with Gasteiger partial charge >= 0.3 is 0 Å². The summed E-state index contributed by atoms with van der Waals surface area (Å²) in [6, 6.07) is 6.12. The van der Waals surface area contributed by atoms with Gasteiger partial charge in [-0.2, -0.15) is 0 Å². The quantitative estimate of drug-likeness (QED) is 0.376. The summed E-state index contributed by atoms with van der Waals surface area (Å²) in [6.45, 7) is 4.25. The van der Waals surface area contributed by atoms with Crippen molar-refractivity contribution in [3.05, 3.63) is 82.6 Å². The van der Waals surface area contributed by atoms with Gasteiger partial charge in [0.1, 0.15) is 28.8 Å². The van der Waals surface area contributed by atoms with Crippen molar-refractivity contribution in [3.8, 4) is 11.3 Å². The van der Waals surface area contributed by atoms with Crippen molar-refractivity contribution in [2.45, 2.75) is 57.8 Å². The Hall–Kier alpha value is -3.14. The van der Waals surface area contributed by atoms with E-state index in [1.54, 1.807) is 26.4 Å². The average molecular weight is 528 g/mol. The van der Waals surface area contributed by atoms with Crippen molar-refractivity contribution in [3.63, 3.8) is 0 Å². The van der Waals surface area contributed by atoms with E-state index < -0.39 is 34.5 Å². The molecule has 0 bridgehead atoms. The molecule has 1 fully saturated rings. The van der Waals surface area contributed by atoms with Crippen LogP contribution < -0.4 is 5.73 Å². The summed E-state index contributed by atoms with van der Waals surface area (Å²) in [6.07, 6.45) is 4.77. The number of ketones is 1. The van der Waals surface area contributed by atoms with Crippen molar-refractivity contribution in [2.75, 3.05) is 13.7 Å². The Bertz CT molecular complexity index is 1270. The zero-order valence-electron chi connectivity index (χ0n) is 21.7. The number of nitrogens with two attached hydrogens (primary N) is 1. The molecular weight excluding hydrogens is 495 g/mol. The van der Waals surface area contributed by atoms with Gasteiger partial charge in [0.15, 0.2) is 5.78 Å². The van der Waals surface area contributed by atoms with Crippen molar-refractivity contribution >= 4 is 5.78 Å². The third-order valence-corrected chi connectivity index (χ3v) is 7.14. The first kappa shape index (κ1) is 27.9. The second-order valence-corrected chi connectivity index (χ2v) is 9.78. The summed E-state index contributed by atoms with van der Waals surface area (Å²) >= 11 is 0. The fourth-order valence-corrected chi connectivity index (χ4v) is 5.40. The molecule has 1 aliphatic rings. The molecule has 1 saturated carbocycles. The van der Waals surface area contributed by atoms with E-state index in [9.17, 15) is 18.0 Å². The maximum Gasteiger partial charge on any atom is 0.185 e. The number of carbonyl (C=O) groups excluding carboxylic acids is 1. The van der Waals surface area contributed by atoms with Crippen LogP contribution in [0.25, 0.3) is 11.3 Å². The van der Waals surface area contributed by atoms with Crippen molar-refractivity contribution < 1.29 is 27.4 Å². The van der Waals surface area contributed by atoms with Crippen LogP contribution in [-0.4, -0.2) is 41.6 Å². The van der Waals surface area contributed by atoms with Gasteiger partial charge < -0.3 is 15.2 Å². The zero-order chi connectivity index (χ0) is 27.4. The summed E-state index contributed by atoms with van der Waals surface area (Å²) in [4.78, 5) is 21.5. The molecule has 1 aromatic carbocycles. The van der Waals surface area contributed by atoms with Gasteiger partial charge in [0.2, 0.25) is 0 Å². The lowest BCUT2D eigenvalue weighted by Gasteiger charge is -2.38. The van der Waals surface area contributed by atoms with Gasteiger partial charge in [0.25, 0.3) is 0 Å². The molecule has 0 saturated heterocycles. The minimum Gasteiger partial charge on any atom is -0.380 e. The van der Waals surface area contributed by atoms with E-state index in [0.717, 1.165) is 30.2 Å². The lowest BCUT2D eigenvalue weighted by molar-refractivity contribution is 0.00970. The van der Waals surface area contributed by atoms with E-state index in [1.807, 2.05) is 6.07 Å². The summed E-state index contributed by atoms with van der Waals surface area (Å²) in [5.41, 5.74) is 7.04. The molecule has 202 valence electrons. The Labute approximate surface area is 220 Å². The number of pyridine rings is 2. The van der Waals surface area contributed by atoms with Crippen LogP contribution in [0.1, 0.15) is 59.8 Å². The van der Waals surface area contributed by atoms with Gasteiger partial charge in [-0.15, -0.1) is 0 Å². The lowest BCUT2D eigenvalue weighted by atomic mass is 9.73. The number of halogens is 3. The van der Waals surface area contributed by atoms with E-state index >= 15 is 0 Å². The number of Topliss-reactive ketones (excluding diaryl/α,β-unsaturated/α-hetero) is 1. The first-order valence-corrected chi connectivity index (χ1v) is 12.7. The molecule has 0 amide bonds. The molecule has 38 heavy (non-hydrogen) atoms. The lowest BCUT2D eigenvalue weighted by Crippen LogP contribution is -2.45. The minimum atomic E-state index is -0.984. The van der Waals surface area contributed by atoms with E-state index in [1.165, 1.54) is 6.07 Å². The predicted octanol–water partition coefficient (Wildman–Crippen LogP) is 5.38. The molecule has 1 aliphatic carbocycles. The van der Waals surface area contributed by atoms with E-state index in [-0.39, 0.29) is 48.3 Å². The number of nitrogens with zero attached hydrogens (tertiary/aromatic N) is 2.